The molecule has 1 atom stereocenters. The van der Waals surface area contributed by atoms with Crippen LogP contribution in [0.25, 0.3) is 22.4 Å². The third kappa shape index (κ3) is 5.61. The lowest BCUT2D eigenvalue weighted by Gasteiger charge is -2.25. The van der Waals surface area contributed by atoms with Gasteiger partial charge in [-0.2, -0.15) is 4.31 Å². The number of hydrogen-bond donors (Lipinski definition) is 1. The second-order valence-electron chi connectivity index (χ2n) is 11.0. The van der Waals surface area contributed by atoms with Crippen LogP contribution in [0.4, 0.5) is 0 Å². The third-order valence-corrected chi connectivity index (χ3v) is 10.3. The molecule has 0 unspecified atom stereocenters. The largest absolute Gasteiger partial charge is 0.494 e. The van der Waals surface area contributed by atoms with E-state index in [2.05, 4.69) is 4.57 Å². The van der Waals surface area contributed by atoms with E-state index in [0.29, 0.717) is 36.0 Å². The lowest BCUT2D eigenvalue weighted by Crippen LogP contribution is -2.36. The summed E-state index contributed by atoms with van der Waals surface area (Å²) in [6.07, 6.45) is 8.05. The topological polar surface area (TPSA) is 102 Å². The molecule has 1 aromatic heterocycles. The molecule has 2 aliphatic rings. The van der Waals surface area contributed by atoms with Crippen molar-refractivity contribution in [1.82, 2.24) is 13.9 Å². The average molecular weight is 574 g/mol. The number of nitrogens with zero attached hydrogens (tertiary/aromatic N) is 3. The number of imidazole rings is 1. The predicted molar refractivity (Wildman–Crippen MR) is 158 cm³/mol. The van der Waals surface area contributed by atoms with Gasteiger partial charge in [0.2, 0.25) is 10.0 Å². The molecule has 0 amide bonds. The Hall–Kier alpha value is -3.69. The zero-order valence-corrected chi connectivity index (χ0v) is 23.8. The molecule has 214 valence electrons. The number of ether oxygens (including phenoxy) is 1. The quantitative estimate of drug-likeness (QED) is 0.244. The molecule has 0 bridgehead atoms. The number of aromatic nitrogens is 2. The molecule has 4 aromatic rings. The Kier molecular flexibility index (Phi) is 7.81. The van der Waals surface area contributed by atoms with E-state index in [0.717, 1.165) is 48.3 Å². The Bertz CT molecular complexity index is 1630. The highest BCUT2D eigenvalue weighted by Gasteiger charge is 2.35. The number of carboxylic acids is 1. The van der Waals surface area contributed by atoms with Gasteiger partial charge < -0.3 is 14.4 Å². The standard InChI is InChI=1S/C32H35N3O5S/c36-32(37)24-15-18-30-29(22-24)33-31(35(30)26-8-3-1-4-9-26)23-13-16-27(17-14-23)40-21-19-25-10-7-20-34(25)41(38,39)28-11-5-2-6-12-28/h2,5-6,11-18,22,25-26H,1,3-4,7-10,19-21H2,(H,36,37)/t25-/m0/s1. The number of sulfonamides is 1. The van der Waals surface area contributed by atoms with E-state index in [1.165, 1.54) is 19.3 Å². The normalized spacial score (nSPS) is 18.6. The molecule has 9 heteroatoms. The Labute approximate surface area is 240 Å². The molecular weight excluding hydrogens is 538 g/mol. The molecule has 0 spiro atoms. The molecule has 3 aromatic carbocycles. The van der Waals surface area contributed by atoms with Crippen LogP contribution in [-0.2, 0) is 10.0 Å². The van der Waals surface area contributed by atoms with Crippen LogP contribution in [-0.4, -0.2) is 52.5 Å². The van der Waals surface area contributed by atoms with Crippen molar-refractivity contribution < 1.29 is 23.1 Å². The van der Waals surface area contributed by atoms with E-state index in [1.54, 1.807) is 40.7 Å². The number of fused-ring (bicyclic) bond motifs is 1. The van der Waals surface area contributed by atoms with Crippen LogP contribution in [0.3, 0.4) is 0 Å². The molecule has 8 nitrogen and oxygen atoms in total. The Balaban J connectivity index is 1.17. The van der Waals surface area contributed by atoms with Crippen molar-refractivity contribution in [2.75, 3.05) is 13.2 Å². The third-order valence-electron chi connectivity index (χ3n) is 8.38. The summed E-state index contributed by atoms with van der Waals surface area (Å²) in [4.78, 5) is 16.8. The van der Waals surface area contributed by atoms with Gasteiger partial charge in [0.25, 0.3) is 0 Å². The highest BCUT2D eigenvalue weighted by Crippen LogP contribution is 2.36. The van der Waals surface area contributed by atoms with E-state index in [-0.39, 0.29) is 11.6 Å². The van der Waals surface area contributed by atoms with Gasteiger partial charge in [0, 0.05) is 24.2 Å². The minimum atomic E-state index is -3.52. The van der Waals surface area contributed by atoms with Gasteiger partial charge in [-0.05, 0) is 86.7 Å². The van der Waals surface area contributed by atoms with Crippen molar-refractivity contribution >= 4 is 27.0 Å². The fourth-order valence-corrected chi connectivity index (χ4v) is 8.04. The molecule has 1 saturated carbocycles. The number of rotatable bonds is 9. The molecule has 1 aliphatic heterocycles. The second-order valence-corrected chi connectivity index (χ2v) is 12.9. The van der Waals surface area contributed by atoms with Gasteiger partial charge in [0.05, 0.1) is 28.1 Å². The summed E-state index contributed by atoms with van der Waals surface area (Å²) < 4.78 is 36.3. The van der Waals surface area contributed by atoms with Crippen molar-refractivity contribution in [2.24, 2.45) is 0 Å². The molecule has 1 saturated heterocycles. The van der Waals surface area contributed by atoms with Crippen LogP contribution in [0.15, 0.2) is 77.7 Å². The van der Waals surface area contributed by atoms with Crippen LogP contribution >= 0.6 is 0 Å². The first-order valence-corrected chi connectivity index (χ1v) is 15.9. The van der Waals surface area contributed by atoms with Gasteiger partial charge in [-0.25, -0.2) is 18.2 Å². The zero-order valence-electron chi connectivity index (χ0n) is 23.0. The highest BCUT2D eigenvalue weighted by molar-refractivity contribution is 7.89. The van der Waals surface area contributed by atoms with Gasteiger partial charge >= 0.3 is 5.97 Å². The van der Waals surface area contributed by atoms with E-state index in [1.807, 2.05) is 36.4 Å². The first-order chi connectivity index (χ1) is 19.9. The first kappa shape index (κ1) is 27.5. The van der Waals surface area contributed by atoms with E-state index in [9.17, 15) is 18.3 Å². The van der Waals surface area contributed by atoms with Crippen molar-refractivity contribution in [3.8, 4) is 17.1 Å². The Morgan fingerprint density at radius 2 is 1.68 bits per heavy atom. The average Bonchev–Trinajstić information content (AvgIpc) is 3.63. The molecule has 1 aliphatic carbocycles. The summed E-state index contributed by atoms with van der Waals surface area (Å²) in [5.74, 6) is 0.604. The summed E-state index contributed by atoms with van der Waals surface area (Å²) in [6, 6.07) is 21.9. The molecule has 1 N–H and O–H groups in total. The maximum Gasteiger partial charge on any atom is 0.335 e. The molecule has 2 heterocycles. The minimum Gasteiger partial charge on any atom is -0.494 e. The van der Waals surface area contributed by atoms with E-state index < -0.39 is 16.0 Å². The molecule has 0 radical (unpaired) electrons. The summed E-state index contributed by atoms with van der Waals surface area (Å²) >= 11 is 0. The number of hydrogen-bond acceptors (Lipinski definition) is 5. The highest BCUT2D eigenvalue weighted by atomic mass is 32.2. The van der Waals surface area contributed by atoms with Crippen LogP contribution < -0.4 is 4.74 Å². The monoisotopic (exact) mass is 573 g/mol. The van der Waals surface area contributed by atoms with Gasteiger partial charge in [-0.15, -0.1) is 0 Å². The maximum atomic E-state index is 13.2. The van der Waals surface area contributed by atoms with Crippen LogP contribution in [0.5, 0.6) is 5.75 Å². The fourth-order valence-electron chi connectivity index (χ4n) is 6.30. The lowest BCUT2D eigenvalue weighted by atomic mass is 9.95. The summed E-state index contributed by atoms with van der Waals surface area (Å²) in [5, 5.41) is 9.48. The predicted octanol–water partition coefficient (Wildman–Crippen LogP) is 6.53. The smallest absolute Gasteiger partial charge is 0.335 e. The summed E-state index contributed by atoms with van der Waals surface area (Å²) in [6.45, 7) is 0.954. The van der Waals surface area contributed by atoms with Crippen molar-refractivity contribution in [3.05, 3.63) is 78.4 Å². The first-order valence-electron chi connectivity index (χ1n) is 14.5. The van der Waals surface area contributed by atoms with Crippen molar-refractivity contribution in [2.45, 2.75) is 68.3 Å². The number of benzene rings is 3. The number of carbonyl (C=O) groups is 1. The second kappa shape index (κ2) is 11.7. The summed E-state index contributed by atoms with van der Waals surface area (Å²) in [5.41, 5.74) is 2.84. The van der Waals surface area contributed by atoms with E-state index in [4.69, 9.17) is 9.72 Å². The lowest BCUT2D eigenvalue weighted by molar-refractivity contribution is 0.0697. The van der Waals surface area contributed by atoms with Gasteiger partial charge in [-0.1, -0.05) is 37.5 Å². The molecule has 6 rings (SSSR count). The SMILES string of the molecule is O=C(O)c1ccc2c(c1)nc(-c1ccc(OCC[C@@H]3CCCN3S(=O)(=O)c3ccccc3)cc1)n2C1CCCCC1. The Morgan fingerprint density at radius 3 is 2.41 bits per heavy atom. The van der Waals surface area contributed by atoms with Gasteiger partial charge in [-0.3, -0.25) is 0 Å². The van der Waals surface area contributed by atoms with Crippen LogP contribution in [0.2, 0.25) is 0 Å². The van der Waals surface area contributed by atoms with Crippen molar-refractivity contribution in [1.29, 1.82) is 0 Å². The minimum absolute atomic E-state index is 0.0782. The van der Waals surface area contributed by atoms with Crippen LogP contribution in [0.1, 0.15) is 67.8 Å². The molecular formula is C32H35N3O5S. The van der Waals surface area contributed by atoms with E-state index >= 15 is 0 Å². The molecule has 2 fully saturated rings. The zero-order chi connectivity index (χ0) is 28.4. The number of carboxylic acid groups (broad SMARTS) is 1. The number of aromatic carboxylic acids is 1. The summed E-state index contributed by atoms with van der Waals surface area (Å²) in [7, 11) is -3.52. The fraction of sp³-hybridized carbons (Fsp3) is 0.375. The molecule has 41 heavy (non-hydrogen) atoms. The van der Waals surface area contributed by atoms with Gasteiger partial charge in [0.15, 0.2) is 0 Å². The van der Waals surface area contributed by atoms with Gasteiger partial charge in [0.1, 0.15) is 11.6 Å². The van der Waals surface area contributed by atoms with Crippen LogP contribution in [0, 0.1) is 0 Å². The maximum absolute atomic E-state index is 13.2. The Morgan fingerprint density at radius 1 is 0.927 bits per heavy atom. The van der Waals surface area contributed by atoms with Crippen molar-refractivity contribution in [3.63, 3.8) is 0 Å².